The van der Waals surface area contributed by atoms with E-state index in [0.29, 0.717) is 0 Å². The molecule has 0 bridgehead atoms. The van der Waals surface area contributed by atoms with Crippen LogP contribution in [0.1, 0.15) is 44.5 Å². The maximum Gasteiger partial charge on any atom is 0.179 e. The van der Waals surface area contributed by atoms with Gasteiger partial charge in [-0.05, 0) is 51.9 Å². The fourth-order valence-electron chi connectivity index (χ4n) is 2.26. The van der Waals surface area contributed by atoms with E-state index in [1.807, 2.05) is 39.0 Å². The summed E-state index contributed by atoms with van der Waals surface area (Å²) in [6.45, 7) is 9.67. The summed E-state index contributed by atoms with van der Waals surface area (Å²) in [7, 11) is 0. The fraction of sp³-hybridized carbons (Fsp3) is 0.562. The minimum Gasteiger partial charge on any atom is -0.484 e. The standard InChI is InChI=1S/C16H24N2O2/c1-5-8-17-11(2)15(19)12-6-7-14-13(9-12)18-10-16(3,4)20-14/h6-7,9,11,17-18H,5,8,10H2,1-4H3. The number of nitrogens with one attached hydrogen (secondary N) is 2. The smallest absolute Gasteiger partial charge is 0.179 e. The number of ketones is 1. The molecule has 0 spiro atoms. The van der Waals surface area contributed by atoms with Gasteiger partial charge in [0.15, 0.2) is 5.78 Å². The van der Waals surface area contributed by atoms with Gasteiger partial charge >= 0.3 is 0 Å². The minimum atomic E-state index is -0.214. The highest BCUT2D eigenvalue weighted by atomic mass is 16.5. The molecular weight excluding hydrogens is 252 g/mol. The Labute approximate surface area is 120 Å². The van der Waals surface area contributed by atoms with Gasteiger partial charge in [-0.2, -0.15) is 0 Å². The van der Waals surface area contributed by atoms with E-state index in [9.17, 15) is 4.79 Å². The molecule has 1 aliphatic rings. The van der Waals surface area contributed by atoms with Gasteiger partial charge in [0.2, 0.25) is 0 Å². The van der Waals surface area contributed by atoms with Crippen LogP contribution in [0.15, 0.2) is 18.2 Å². The van der Waals surface area contributed by atoms with Crippen LogP contribution in [0.5, 0.6) is 5.75 Å². The zero-order chi connectivity index (χ0) is 14.8. The highest BCUT2D eigenvalue weighted by molar-refractivity contribution is 6.01. The molecule has 1 heterocycles. The third-order valence-electron chi connectivity index (χ3n) is 3.45. The van der Waals surface area contributed by atoms with Gasteiger partial charge in [0.05, 0.1) is 18.3 Å². The molecule has 110 valence electrons. The highest BCUT2D eigenvalue weighted by Crippen LogP contribution is 2.33. The molecule has 20 heavy (non-hydrogen) atoms. The lowest BCUT2D eigenvalue weighted by Gasteiger charge is -2.33. The van der Waals surface area contributed by atoms with Crippen LogP contribution in [0, 0.1) is 0 Å². The first-order valence-corrected chi connectivity index (χ1v) is 7.27. The van der Waals surface area contributed by atoms with Gasteiger partial charge in [0.1, 0.15) is 11.4 Å². The SMILES string of the molecule is CCCNC(C)C(=O)c1ccc2c(c1)NCC(C)(C)O2. The van der Waals surface area contributed by atoms with Crippen LogP contribution in [0.25, 0.3) is 0 Å². The summed E-state index contributed by atoms with van der Waals surface area (Å²) in [5.41, 5.74) is 1.41. The Kier molecular flexibility index (Phi) is 4.33. The fourth-order valence-corrected chi connectivity index (χ4v) is 2.26. The number of fused-ring (bicyclic) bond motifs is 1. The third-order valence-corrected chi connectivity index (χ3v) is 3.45. The van der Waals surface area contributed by atoms with E-state index in [4.69, 9.17) is 4.74 Å². The predicted molar refractivity (Wildman–Crippen MR) is 81.7 cm³/mol. The van der Waals surface area contributed by atoms with Crippen molar-refractivity contribution < 1.29 is 9.53 Å². The van der Waals surface area contributed by atoms with E-state index >= 15 is 0 Å². The van der Waals surface area contributed by atoms with Crippen molar-refractivity contribution in [1.82, 2.24) is 5.32 Å². The number of benzene rings is 1. The number of ether oxygens (including phenoxy) is 1. The molecule has 2 rings (SSSR count). The van der Waals surface area contributed by atoms with Crippen LogP contribution >= 0.6 is 0 Å². The van der Waals surface area contributed by atoms with Crippen molar-refractivity contribution in [3.8, 4) is 5.75 Å². The van der Waals surface area contributed by atoms with E-state index in [1.165, 1.54) is 0 Å². The van der Waals surface area contributed by atoms with Gasteiger partial charge in [-0.15, -0.1) is 0 Å². The molecule has 2 N–H and O–H groups in total. The second kappa shape index (κ2) is 5.83. The lowest BCUT2D eigenvalue weighted by atomic mass is 10.0. The Hall–Kier alpha value is -1.55. The summed E-state index contributed by atoms with van der Waals surface area (Å²) in [4.78, 5) is 12.3. The first-order chi connectivity index (χ1) is 9.43. The van der Waals surface area contributed by atoms with Crippen LogP contribution in [-0.4, -0.2) is 30.5 Å². The van der Waals surface area contributed by atoms with Gasteiger partial charge in [0, 0.05) is 5.56 Å². The highest BCUT2D eigenvalue weighted by Gasteiger charge is 2.27. The van der Waals surface area contributed by atoms with E-state index in [-0.39, 0.29) is 17.4 Å². The van der Waals surface area contributed by atoms with E-state index in [1.54, 1.807) is 0 Å². The van der Waals surface area contributed by atoms with Crippen LogP contribution in [0.2, 0.25) is 0 Å². The largest absolute Gasteiger partial charge is 0.484 e. The number of hydrogen-bond acceptors (Lipinski definition) is 4. The van der Waals surface area contributed by atoms with Gasteiger partial charge < -0.3 is 15.4 Å². The van der Waals surface area contributed by atoms with Crippen molar-refractivity contribution in [3.63, 3.8) is 0 Å². The van der Waals surface area contributed by atoms with Crippen molar-refractivity contribution >= 4 is 11.5 Å². The molecule has 0 radical (unpaired) electrons. The van der Waals surface area contributed by atoms with E-state index in [2.05, 4.69) is 17.6 Å². The monoisotopic (exact) mass is 276 g/mol. The maximum atomic E-state index is 12.3. The molecule has 0 saturated carbocycles. The lowest BCUT2D eigenvalue weighted by molar-refractivity contribution is 0.0951. The topological polar surface area (TPSA) is 50.4 Å². The second-order valence-corrected chi connectivity index (χ2v) is 5.97. The lowest BCUT2D eigenvalue weighted by Crippen LogP contribution is -2.40. The molecular formula is C16H24N2O2. The molecule has 0 saturated heterocycles. The third kappa shape index (κ3) is 3.31. The van der Waals surface area contributed by atoms with E-state index < -0.39 is 0 Å². The Balaban J connectivity index is 2.13. The molecule has 0 amide bonds. The van der Waals surface area contributed by atoms with Crippen LogP contribution in [0.3, 0.4) is 0 Å². The average molecular weight is 276 g/mol. The quantitative estimate of drug-likeness (QED) is 0.812. The number of rotatable bonds is 5. The van der Waals surface area contributed by atoms with Crippen LogP contribution in [-0.2, 0) is 0 Å². The average Bonchev–Trinajstić information content (AvgIpc) is 2.42. The summed E-state index contributed by atoms with van der Waals surface area (Å²) in [5.74, 6) is 0.930. The second-order valence-electron chi connectivity index (χ2n) is 5.97. The molecule has 0 aliphatic carbocycles. The minimum absolute atomic E-state index is 0.118. The van der Waals surface area contributed by atoms with Gasteiger partial charge in [-0.3, -0.25) is 4.79 Å². The Morgan fingerprint density at radius 1 is 1.50 bits per heavy atom. The number of carbonyl (C=O) groups excluding carboxylic acids is 1. The molecule has 1 aliphatic heterocycles. The molecule has 1 aromatic carbocycles. The van der Waals surface area contributed by atoms with E-state index in [0.717, 1.165) is 36.5 Å². The van der Waals surface area contributed by atoms with Crippen molar-refractivity contribution in [2.45, 2.75) is 45.8 Å². The molecule has 0 fully saturated rings. The van der Waals surface area contributed by atoms with Crippen molar-refractivity contribution in [2.75, 3.05) is 18.4 Å². The Bertz CT molecular complexity index is 497. The first kappa shape index (κ1) is 14.9. The van der Waals surface area contributed by atoms with Crippen LogP contribution < -0.4 is 15.4 Å². The summed E-state index contributed by atoms with van der Waals surface area (Å²) in [6, 6.07) is 5.45. The van der Waals surface area contributed by atoms with Crippen molar-refractivity contribution in [2.24, 2.45) is 0 Å². The molecule has 1 atom stereocenters. The summed E-state index contributed by atoms with van der Waals surface area (Å²) < 4.78 is 5.89. The molecule has 4 nitrogen and oxygen atoms in total. The van der Waals surface area contributed by atoms with Crippen molar-refractivity contribution in [3.05, 3.63) is 23.8 Å². The number of Topliss-reactive ketones (excluding diaryl/α,β-unsaturated/α-hetero) is 1. The summed E-state index contributed by atoms with van der Waals surface area (Å²) in [5, 5.41) is 6.56. The molecule has 0 aromatic heterocycles. The predicted octanol–water partition coefficient (Wildman–Crippen LogP) is 2.84. The normalized spacial score (nSPS) is 17.6. The molecule has 4 heteroatoms. The maximum absolute atomic E-state index is 12.3. The zero-order valence-corrected chi connectivity index (χ0v) is 12.7. The number of hydrogen-bond donors (Lipinski definition) is 2. The molecule has 1 aromatic rings. The Morgan fingerprint density at radius 2 is 2.25 bits per heavy atom. The zero-order valence-electron chi connectivity index (χ0n) is 12.7. The number of anilines is 1. The van der Waals surface area contributed by atoms with Crippen molar-refractivity contribution in [1.29, 1.82) is 0 Å². The van der Waals surface area contributed by atoms with Gasteiger partial charge in [-0.1, -0.05) is 6.92 Å². The van der Waals surface area contributed by atoms with Gasteiger partial charge in [-0.25, -0.2) is 0 Å². The summed E-state index contributed by atoms with van der Waals surface area (Å²) >= 11 is 0. The first-order valence-electron chi connectivity index (χ1n) is 7.27. The molecule has 1 unspecified atom stereocenters. The van der Waals surface area contributed by atoms with Crippen LogP contribution in [0.4, 0.5) is 5.69 Å². The Morgan fingerprint density at radius 3 is 2.95 bits per heavy atom. The summed E-state index contributed by atoms with van der Waals surface area (Å²) in [6.07, 6.45) is 1.02. The number of carbonyl (C=O) groups is 1. The van der Waals surface area contributed by atoms with Gasteiger partial charge in [0.25, 0.3) is 0 Å².